The van der Waals surface area contributed by atoms with Crippen molar-refractivity contribution >= 4 is 11.9 Å². The van der Waals surface area contributed by atoms with Crippen LogP contribution in [0.2, 0.25) is 0 Å². The molecule has 1 rings (SSSR count). The van der Waals surface area contributed by atoms with E-state index in [1.807, 2.05) is 0 Å². The van der Waals surface area contributed by atoms with Crippen LogP contribution in [0, 0.1) is 0 Å². The molecule has 0 aliphatic carbocycles. The first-order valence-corrected chi connectivity index (χ1v) is 4.81. The van der Waals surface area contributed by atoms with E-state index in [9.17, 15) is 9.59 Å². The first-order valence-electron chi connectivity index (χ1n) is 4.81. The average Bonchev–Trinajstić information content (AvgIpc) is 3.19. The molecular weight excluding hydrogens is 224 g/mol. The smallest absolute Gasteiger partial charge is 0.338 e. The fourth-order valence-corrected chi connectivity index (χ4v) is 0.790. The predicted octanol–water partition coefficient (Wildman–Crippen LogP) is 1.02. The highest BCUT2D eigenvalue weighted by Crippen LogP contribution is 2.13. The minimum atomic E-state index is -0.695. The maximum atomic E-state index is 11.3. The Morgan fingerprint density at radius 2 is 1.71 bits per heavy atom. The second-order valence-corrected chi connectivity index (χ2v) is 3.00. The van der Waals surface area contributed by atoms with Gasteiger partial charge in [-0.2, -0.15) is 0 Å². The SMILES string of the molecule is C=C.C=C(C(=C)C(=O)OCC1CO1)C(=O)OC. The third-order valence-corrected chi connectivity index (χ3v) is 1.85. The molecule has 1 heterocycles. The first-order chi connectivity index (χ1) is 8.06. The zero-order chi connectivity index (χ0) is 13.4. The molecule has 0 radical (unpaired) electrons. The molecule has 1 aliphatic heterocycles. The summed E-state index contributed by atoms with van der Waals surface area (Å²) in [7, 11) is 1.20. The van der Waals surface area contributed by atoms with Gasteiger partial charge < -0.3 is 14.2 Å². The van der Waals surface area contributed by atoms with Crippen LogP contribution in [0.5, 0.6) is 0 Å². The van der Waals surface area contributed by atoms with Crippen LogP contribution in [-0.2, 0) is 23.8 Å². The Hall–Kier alpha value is -1.88. The fourth-order valence-electron chi connectivity index (χ4n) is 0.790. The summed E-state index contributed by atoms with van der Waals surface area (Å²) < 4.78 is 14.0. The van der Waals surface area contributed by atoms with Gasteiger partial charge in [-0.1, -0.05) is 13.2 Å². The van der Waals surface area contributed by atoms with Crippen LogP contribution >= 0.6 is 0 Å². The first kappa shape index (κ1) is 15.1. The molecule has 17 heavy (non-hydrogen) atoms. The molecule has 0 aromatic rings. The Morgan fingerprint density at radius 1 is 1.24 bits per heavy atom. The molecular formula is C12H16O5. The van der Waals surface area contributed by atoms with Crippen LogP contribution in [0.1, 0.15) is 0 Å². The van der Waals surface area contributed by atoms with Crippen molar-refractivity contribution in [1.29, 1.82) is 0 Å². The summed E-state index contributed by atoms with van der Waals surface area (Å²) in [6, 6.07) is 0. The lowest BCUT2D eigenvalue weighted by Gasteiger charge is -2.06. The second-order valence-electron chi connectivity index (χ2n) is 3.00. The van der Waals surface area contributed by atoms with Crippen molar-refractivity contribution in [3.05, 3.63) is 37.5 Å². The molecule has 0 aromatic heterocycles. The topological polar surface area (TPSA) is 65.1 Å². The summed E-state index contributed by atoms with van der Waals surface area (Å²) in [4.78, 5) is 22.3. The van der Waals surface area contributed by atoms with Gasteiger partial charge in [-0.25, -0.2) is 9.59 Å². The van der Waals surface area contributed by atoms with Crippen LogP contribution in [0.4, 0.5) is 0 Å². The molecule has 0 spiro atoms. The number of ether oxygens (including phenoxy) is 3. The lowest BCUT2D eigenvalue weighted by Crippen LogP contribution is -2.16. The van der Waals surface area contributed by atoms with Crippen LogP contribution in [0.3, 0.4) is 0 Å². The molecule has 94 valence electrons. The van der Waals surface area contributed by atoms with Gasteiger partial charge >= 0.3 is 11.9 Å². The molecule has 1 unspecified atom stereocenters. The Morgan fingerprint density at radius 3 is 2.12 bits per heavy atom. The van der Waals surface area contributed by atoms with Gasteiger partial charge in [-0.3, -0.25) is 0 Å². The summed E-state index contributed by atoms with van der Waals surface area (Å²) in [5.74, 6) is -1.37. The number of carbonyl (C=O) groups is 2. The molecule has 0 aromatic carbocycles. The third-order valence-electron chi connectivity index (χ3n) is 1.85. The fraction of sp³-hybridized carbons (Fsp3) is 0.333. The van der Waals surface area contributed by atoms with Crippen molar-refractivity contribution in [1.82, 2.24) is 0 Å². The van der Waals surface area contributed by atoms with E-state index in [2.05, 4.69) is 31.1 Å². The van der Waals surface area contributed by atoms with Crippen molar-refractivity contribution in [3.63, 3.8) is 0 Å². The van der Waals surface area contributed by atoms with E-state index < -0.39 is 11.9 Å². The van der Waals surface area contributed by atoms with Gasteiger partial charge in [0.1, 0.15) is 12.7 Å². The highest BCUT2D eigenvalue weighted by Gasteiger charge is 2.26. The van der Waals surface area contributed by atoms with Crippen molar-refractivity contribution in [2.24, 2.45) is 0 Å². The predicted molar refractivity (Wildman–Crippen MR) is 62.2 cm³/mol. The monoisotopic (exact) mass is 240 g/mol. The van der Waals surface area contributed by atoms with E-state index in [-0.39, 0.29) is 23.9 Å². The zero-order valence-electron chi connectivity index (χ0n) is 9.86. The molecule has 5 nitrogen and oxygen atoms in total. The van der Waals surface area contributed by atoms with Crippen molar-refractivity contribution in [2.45, 2.75) is 6.10 Å². The second kappa shape index (κ2) is 7.40. The molecule has 1 fully saturated rings. The number of rotatable bonds is 5. The van der Waals surface area contributed by atoms with Crippen molar-refractivity contribution < 1.29 is 23.8 Å². The number of methoxy groups -OCH3 is 1. The minimum Gasteiger partial charge on any atom is -0.465 e. The van der Waals surface area contributed by atoms with E-state index in [1.54, 1.807) is 0 Å². The standard InChI is InChI=1S/C10H12O5.C2H4/c1-6(9(11)13-3)7(2)10(12)15-5-8-4-14-8;1-2/h8H,1-2,4-5H2,3H3;1-2H2. The normalized spacial score (nSPS) is 15.9. The molecule has 0 bridgehead atoms. The number of carbonyl (C=O) groups excluding carboxylic acids is 2. The summed E-state index contributed by atoms with van der Waals surface area (Å²) >= 11 is 0. The molecule has 0 N–H and O–H groups in total. The maximum Gasteiger partial charge on any atom is 0.338 e. The molecule has 1 aliphatic rings. The van der Waals surface area contributed by atoms with Crippen LogP contribution < -0.4 is 0 Å². The van der Waals surface area contributed by atoms with Gasteiger partial charge in [0.25, 0.3) is 0 Å². The van der Waals surface area contributed by atoms with Gasteiger partial charge in [-0.15, -0.1) is 13.2 Å². The minimum absolute atomic E-state index is 0.0202. The van der Waals surface area contributed by atoms with Gasteiger partial charge in [-0.05, 0) is 0 Å². The van der Waals surface area contributed by atoms with E-state index >= 15 is 0 Å². The molecule has 0 amide bonds. The molecule has 5 heteroatoms. The molecule has 1 saturated heterocycles. The Balaban J connectivity index is 0.00000121. The average molecular weight is 240 g/mol. The lowest BCUT2D eigenvalue weighted by molar-refractivity contribution is -0.141. The highest BCUT2D eigenvalue weighted by atomic mass is 16.6. The summed E-state index contributed by atoms with van der Waals surface area (Å²) in [6.07, 6.45) is -0.0202. The Bertz CT molecular complexity index is 328. The van der Waals surface area contributed by atoms with Crippen molar-refractivity contribution in [2.75, 3.05) is 20.3 Å². The van der Waals surface area contributed by atoms with Gasteiger partial charge in [0.15, 0.2) is 0 Å². The van der Waals surface area contributed by atoms with Crippen LogP contribution in [0.25, 0.3) is 0 Å². The largest absolute Gasteiger partial charge is 0.465 e. The van der Waals surface area contributed by atoms with E-state index in [4.69, 9.17) is 9.47 Å². The number of hydrogen-bond acceptors (Lipinski definition) is 5. The number of hydrogen-bond donors (Lipinski definition) is 0. The Kier molecular flexibility index (Phi) is 6.58. The zero-order valence-corrected chi connectivity index (χ0v) is 9.86. The number of esters is 2. The van der Waals surface area contributed by atoms with E-state index in [0.717, 1.165) is 0 Å². The van der Waals surface area contributed by atoms with Gasteiger partial charge in [0, 0.05) is 0 Å². The van der Waals surface area contributed by atoms with Crippen LogP contribution in [0.15, 0.2) is 37.5 Å². The van der Waals surface area contributed by atoms with E-state index in [0.29, 0.717) is 6.61 Å². The van der Waals surface area contributed by atoms with Crippen LogP contribution in [-0.4, -0.2) is 38.4 Å². The quantitative estimate of drug-likeness (QED) is 0.236. The van der Waals surface area contributed by atoms with E-state index in [1.165, 1.54) is 7.11 Å². The van der Waals surface area contributed by atoms with Crippen molar-refractivity contribution in [3.8, 4) is 0 Å². The summed E-state index contributed by atoms with van der Waals surface area (Å²) in [5.41, 5.74) is -0.193. The van der Waals surface area contributed by atoms with Gasteiger partial charge in [0.2, 0.25) is 0 Å². The highest BCUT2D eigenvalue weighted by molar-refractivity contribution is 6.05. The molecule has 0 saturated carbocycles. The summed E-state index contributed by atoms with van der Waals surface area (Å²) in [6.45, 7) is 13.6. The Labute approximate surface area is 100 Å². The number of epoxide rings is 1. The molecule has 1 atom stereocenters. The summed E-state index contributed by atoms with van der Waals surface area (Å²) in [5, 5.41) is 0. The van der Waals surface area contributed by atoms with Gasteiger partial charge in [0.05, 0.1) is 24.9 Å². The lowest BCUT2D eigenvalue weighted by atomic mass is 10.1. The third kappa shape index (κ3) is 5.12. The maximum absolute atomic E-state index is 11.3.